The molecular formula is C12H25N3O. The maximum absolute atomic E-state index is 12.1. The Hall–Kier alpha value is -0.770. The van der Waals surface area contributed by atoms with Crippen LogP contribution in [0.2, 0.25) is 0 Å². The van der Waals surface area contributed by atoms with Crippen LogP contribution in [0.15, 0.2) is 0 Å². The van der Waals surface area contributed by atoms with Gasteiger partial charge in [-0.2, -0.15) is 0 Å². The number of nitrogens with one attached hydrogen (secondary N) is 1. The van der Waals surface area contributed by atoms with Crippen LogP contribution in [-0.4, -0.2) is 35.6 Å². The second-order valence-electron chi connectivity index (χ2n) is 5.19. The van der Waals surface area contributed by atoms with Crippen LogP contribution < -0.4 is 11.1 Å². The molecule has 0 aromatic carbocycles. The predicted octanol–water partition coefficient (Wildman–Crippen LogP) is 1.70. The molecule has 0 aromatic rings. The molecule has 4 nitrogen and oxygen atoms in total. The predicted molar refractivity (Wildman–Crippen MR) is 66.3 cm³/mol. The smallest absolute Gasteiger partial charge is 0.318 e. The first-order valence-electron chi connectivity index (χ1n) is 6.29. The zero-order valence-electron chi connectivity index (χ0n) is 10.8. The van der Waals surface area contributed by atoms with Gasteiger partial charge in [0.25, 0.3) is 0 Å². The Kier molecular flexibility index (Phi) is 4.59. The van der Waals surface area contributed by atoms with E-state index in [2.05, 4.69) is 5.32 Å². The highest BCUT2D eigenvalue weighted by molar-refractivity contribution is 5.75. The van der Waals surface area contributed by atoms with Gasteiger partial charge in [-0.15, -0.1) is 0 Å². The number of nitrogens with zero attached hydrogens (tertiary/aromatic N) is 1. The van der Waals surface area contributed by atoms with E-state index in [9.17, 15) is 4.79 Å². The lowest BCUT2D eigenvalue weighted by molar-refractivity contribution is 0.140. The molecule has 1 saturated carbocycles. The number of likely N-dealkylation sites (N-methyl/N-ethyl adjacent to an activating group) is 1. The Labute approximate surface area is 98.6 Å². The van der Waals surface area contributed by atoms with Crippen molar-refractivity contribution in [1.29, 1.82) is 0 Å². The van der Waals surface area contributed by atoms with Gasteiger partial charge in [0.1, 0.15) is 0 Å². The van der Waals surface area contributed by atoms with Crippen molar-refractivity contribution < 1.29 is 4.79 Å². The molecule has 0 heterocycles. The Morgan fingerprint density at radius 1 is 1.44 bits per heavy atom. The van der Waals surface area contributed by atoms with Gasteiger partial charge in [-0.25, -0.2) is 4.79 Å². The van der Waals surface area contributed by atoms with Crippen LogP contribution in [0.25, 0.3) is 0 Å². The van der Waals surface area contributed by atoms with Crippen molar-refractivity contribution in [2.45, 2.75) is 58.0 Å². The average molecular weight is 227 g/mol. The molecule has 0 atom stereocenters. The monoisotopic (exact) mass is 227 g/mol. The van der Waals surface area contributed by atoms with Crippen molar-refractivity contribution in [3.05, 3.63) is 0 Å². The van der Waals surface area contributed by atoms with Gasteiger partial charge in [0.2, 0.25) is 0 Å². The standard InChI is InChI=1S/C12H25N3O/c1-4-15(12(2,3)9-13)11(16)14-10-7-5-6-8-10/h10H,4-9,13H2,1-3H3,(H,14,16). The molecule has 0 spiro atoms. The number of hydrogen-bond acceptors (Lipinski definition) is 2. The molecule has 2 amide bonds. The summed E-state index contributed by atoms with van der Waals surface area (Å²) in [6, 6.07) is 0.403. The number of nitrogens with two attached hydrogens (primary N) is 1. The van der Waals surface area contributed by atoms with E-state index < -0.39 is 0 Å². The summed E-state index contributed by atoms with van der Waals surface area (Å²) in [6.07, 6.45) is 4.70. The molecule has 0 aromatic heterocycles. The molecule has 0 bridgehead atoms. The minimum absolute atomic E-state index is 0.0323. The van der Waals surface area contributed by atoms with Crippen LogP contribution in [-0.2, 0) is 0 Å². The third-order valence-electron chi connectivity index (χ3n) is 3.47. The molecule has 1 aliphatic carbocycles. The van der Waals surface area contributed by atoms with E-state index in [1.807, 2.05) is 25.7 Å². The first kappa shape index (κ1) is 13.3. The average Bonchev–Trinajstić information content (AvgIpc) is 2.71. The second kappa shape index (κ2) is 5.53. The molecule has 1 rings (SSSR count). The second-order valence-corrected chi connectivity index (χ2v) is 5.19. The fraction of sp³-hybridized carbons (Fsp3) is 0.917. The van der Waals surface area contributed by atoms with Crippen LogP contribution >= 0.6 is 0 Å². The molecule has 1 fully saturated rings. The van der Waals surface area contributed by atoms with Crippen molar-refractivity contribution in [2.75, 3.05) is 13.1 Å². The molecule has 3 N–H and O–H groups in total. The van der Waals surface area contributed by atoms with Crippen LogP contribution in [0.4, 0.5) is 4.79 Å². The quantitative estimate of drug-likeness (QED) is 0.768. The lowest BCUT2D eigenvalue weighted by Gasteiger charge is -2.37. The topological polar surface area (TPSA) is 58.4 Å². The summed E-state index contributed by atoms with van der Waals surface area (Å²) in [4.78, 5) is 13.9. The van der Waals surface area contributed by atoms with Gasteiger partial charge in [0, 0.05) is 19.1 Å². The fourth-order valence-electron chi connectivity index (χ4n) is 2.28. The molecule has 0 unspecified atom stereocenters. The molecule has 0 saturated heterocycles. The number of hydrogen-bond donors (Lipinski definition) is 2. The summed E-state index contributed by atoms with van der Waals surface area (Å²) >= 11 is 0. The van der Waals surface area contributed by atoms with Crippen molar-refractivity contribution in [3.8, 4) is 0 Å². The Bertz CT molecular complexity index is 234. The van der Waals surface area contributed by atoms with Gasteiger partial charge >= 0.3 is 6.03 Å². The zero-order valence-corrected chi connectivity index (χ0v) is 10.8. The van der Waals surface area contributed by atoms with Crippen LogP contribution in [0, 0.1) is 0 Å². The van der Waals surface area contributed by atoms with Crippen molar-refractivity contribution in [3.63, 3.8) is 0 Å². The number of urea groups is 1. The zero-order chi connectivity index (χ0) is 12.2. The highest BCUT2D eigenvalue weighted by Gasteiger charge is 2.29. The van der Waals surface area contributed by atoms with E-state index >= 15 is 0 Å². The number of amides is 2. The van der Waals surface area contributed by atoms with E-state index in [0.717, 1.165) is 12.8 Å². The van der Waals surface area contributed by atoms with Crippen LogP contribution in [0.5, 0.6) is 0 Å². The van der Waals surface area contributed by atoms with Crippen LogP contribution in [0.1, 0.15) is 46.5 Å². The summed E-state index contributed by atoms with van der Waals surface area (Å²) in [5.74, 6) is 0. The van der Waals surface area contributed by atoms with E-state index in [1.54, 1.807) is 0 Å². The molecular weight excluding hydrogens is 202 g/mol. The van der Waals surface area contributed by atoms with Crippen molar-refractivity contribution in [1.82, 2.24) is 10.2 Å². The van der Waals surface area contributed by atoms with E-state index in [-0.39, 0.29) is 11.6 Å². The summed E-state index contributed by atoms with van der Waals surface area (Å²) in [7, 11) is 0. The first-order chi connectivity index (χ1) is 7.51. The van der Waals surface area contributed by atoms with E-state index in [1.165, 1.54) is 12.8 Å². The van der Waals surface area contributed by atoms with Gasteiger partial charge in [-0.3, -0.25) is 0 Å². The maximum Gasteiger partial charge on any atom is 0.318 e. The summed E-state index contributed by atoms with van der Waals surface area (Å²) in [6.45, 7) is 7.18. The Morgan fingerprint density at radius 3 is 2.44 bits per heavy atom. The summed E-state index contributed by atoms with van der Waals surface area (Å²) in [5.41, 5.74) is 5.44. The number of carbonyl (C=O) groups excluding carboxylic acids is 1. The summed E-state index contributed by atoms with van der Waals surface area (Å²) in [5, 5.41) is 3.10. The lowest BCUT2D eigenvalue weighted by atomic mass is 10.0. The van der Waals surface area contributed by atoms with Crippen molar-refractivity contribution >= 4 is 6.03 Å². The van der Waals surface area contributed by atoms with E-state index in [4.69, 9.17) is 5.73 Å². The van der Waals surface area contributed by atoms with Gasteiger partial charge < -0.3 is 16.0 Å². The van der Waals surface area contributed by atoms with Gasteiger partial charge in [0.15, 0.2) is 0 Å². The molecule has 16 heavy (non-hydrogen) atoms. The SMILES string of the molecule is CCN(C(=O)NC1CCCC1)C(C)(C)CN. The third-order valence-corrected chi connectivity index (χ3v) is 3.47. The summed E-state index contributed by atoms with van der Waals surface area (Å²) < 4.78 is 0. The molecule has 94 valence electrons. The molecule has 0 aliphatic heterocycles. The van der Waals surface area contributed by atoms with Gasteiger partial charge in [-0.1, -0.05) is 12.8 Å². The van der Waals surface area contributed by atoms with Gasteiger partial charge in [0.05, 0.1) is 5.54 Å². The third kappa shape index (κ3) is 3.11. The first-order valence-corrected chi connectivity index (χ1v) is 6.29. The maximum atomic E-state index is 12.1. The minimum atomic E-state index is -0.266. The Balaban J connectivity index is 2.55. The largest absolute Gasteiger partial charge is 0.335 e. The van der Waals surface area contributed by atoms with Crippen LogP contribution in [0.3, 0.4) is 0 Å². The van der Waals surface area contributed by atoms with E-state index in [0.29, 0.717) is 19.1 Å². The Morgan fingerprint density at radius 2 is 2.00 bits per heavy atom. The number of rotatable bonds is 4. The molecule has 4 heteroatoms. The van der Waals surface area contributed by atoms with Gasteiger partial charge in [-0.05, 0) is 33.6 Å². The van der Waals surface area contributed by atoms with Crippen molar-refractivity contribution in [2.24, 2.45) is 5.73 Å². The lowest BCUT2D eigenvalue weighted by Crippen LogP contribution is -2.56. The highest BCUT2D eigenvalue weighted by atomic mass is 16.2. The number of carbonyl (C=O) groups is 1. The highest BCUT2D eigenvalue weighted by Crippen LogP contribution is 2.19. The normalized spacial score (nSPS) is 17.5. The fourth-order valence-corrected chi connectivity index (χ4v) is 2.28. The molecule has 0 radical (unpaired) electrons. The minimum Gasteiger partial charge on any atom is -0.335 e. The molecule has 1 aliphatic rings.